The zero-order valence-electron chi connectivity index (χ0n) is 8.70. The van der Waals surface area contributed by atoms with Crippen LogP contribution in [0.2, 0.25) is 0 Å². The Morgan fingerprint density at radius 1 is 1.50 bits per heavy atom. The highest BCUT2D eigenvalue weighted by atomic mass is 16.3. The molecule has 4 heteroatoms. The summed E-state index contributed by atoms with van der Waals surface area (Å²) in [6.45, 7) is 3.77. The molecule has 0 bridgehead atoms. The molecule has 1 aromatic heterocycles. The zero-order valence-corrected chi connectivity index (χ0v) is 8.70. The Bertz CT molecular complexity index is 282. The average molecular weight is 196 g/mol. The number of carbonyl (C=O) groups excluding carboxylic acids is 1. The van der Waals surface area contributed by atoms with E-state index >= 15 is 0 Å². The molecule has 2 N–H and O–H groups in total. The van der Waals surface area contributed by atoms with Gasteiger partial charge in [0.15, 0.2) is 0 Å². The maximum atomic E-state index is 11.2. The molecular formula is C10H16N2O2. The van der Waals surface area contributed by atoms with Crippen molar-refractivity contribution in [3.8, 4) is 0 Å². The van der Waals surface area contributed by atoms with Gasteiger partial charge in [-0.05, 0) is 26.0 Å². The third-order valence-electron chi connectivity index (χ3n) is 2.11. The van der Waals surface area contributed by atoms with E-state index in [1.807, 2.05) is 26.0 Å². The normalized spacial score (nSPS) is 14.8. The monoisotopic (exact) mass is 196 g/mol. The number of furan rings is 1. The molecule has 2 unspecified atom stereocenters. The van der Waals surface area contributed by atoms with Gasteiger partial charge in [0.1, 0.15) is 5.76 Å². The molecule has 1 heterocycles. The number of rotatable bonds is 4. The fourth-order valence-corrected chi connectivity index (χ4v) is 1.29. The molecule has 0 radical (unpaired) electrons. The minimum absolute atomic E-state index is 0.0246. The smallest absolute Gasteiger partial charge is 0.236 e. The second-order valence-electron chi connectivity index (χ2n) is 3.24. The molecule has 1 rings (SSSR count). The number of carbonyl (C=O) groups is 1. The van der Waals surface area contributed by atoms with Crippen LogP contribution in [0, 0.1) is 0 Å². The SMILES string of the molecule is CNC(=O)C(C)NC(C)c1ccco1. The molecule has 0 spiro atoms. The van der Waals surface area contributed by atoms with E-state index in [1.54, 1.807) is 13.3 Å². The quantitative estimate of drug-likeness (QED) is 0.757. The first-order valence-corrected chi connectivity index (χ1v) is 4.66. The molecule has 4 nitrogen and oxygen atoms in total. The number of amides is 1. The van der Waals surface area contributed by atoms with Crippen LogP contribution in [0.25, 0.3) is 0 Å². The molecule has 0 saturated carbocycles. The molecule has 0 aliphatic heterocycles. The summed E-state index contributed by atoms with van der Waals surface area (Å²) in [6.07, 6.45) is 1.62. The van der Waals surface area contributed by atoms with Gasteiger partial charge in [0.05, 0.1) is 18.3 Å². The van der Waals surface area contributed by atoms with Gasteiger partial charge < -0.3 is 9.73 Å². The standard InChI is InChI=1S/C10H16N2O2/c1-7(9-5-4-6-14-9)12-8(2)10(13)11-3/h4-8,12H,1-3H3,(H,11,13). The number of likely N-dealkylation sites (N-methyl/N-ethyl adjacent to an activating group) is 1. The highest BCUT2D eigenvalue weighted by molar-refractivity contribution is 5.80. The Morgan fingerprint density at radius 2 is 2.21 bits per heavy atom. The van der Waals surface area contributed by atoms with E-state index in [0.29, 0.717) is 0 Å². The summed E-state index contributed by atoms with van der Waals surface area (Å²) in [7, 11) is 1.62. The lowest BCUT2D eigenvalue weighted by Gasteiger charge is -2.16. The van der Waals surface area contributed by atoms with Gasteiger partial charge in [0, 0.05) is 7.05 Å². The summed E-state index contributed by atoms with van der Waals surface area (Å²) >= 11 is 0. The lowest BCUT2D eigenvalue weighted by atomic mass is 10.2. The van der Waals surface area contributed by atoms with E-state index in [0.717, 1.165) is 5.76 Å². The minimum atomic E-state index is -0.222. The van der Waals surface area contributed by atoms with Crippen molar-refractivity contribution in [2.75, 3.05) is 7.05 Å². The molecule has 0 saturated heterocycles. The van der Waals surface area contributed by atoms with Crippen molar-refractivity contribution in [1.82, 2.24) is 10.6 Å². The van der Waals surface area contributed by atoms with Gasteiger partial charge in [-0.2, -0.15) is 0 Å². The summed E-state index contributed by atoms with van der Waals surface area (Å²) in [5.74, 6) is 0.809. The number of nitrogens with one attached hydrogen (secondary N) is 2. The first kappa shape index (κ1) is 10.8. The molecule has 0 aromatic carbocycles. The van der Waals surface area contributed by atoms with E-state index in [9.17, 15) is 4.79 Å². The molecule has 0 aliphatic rings. The Hall–Kier alpha value is -1.29. The lowest BCUT2D eigenvalue weighted by Crippen LogP contribution is -2.41. The minimum Gasteiger partial charge on any atom is -0.468 e. The van der Waals surface area contributed by atoms with Crippen LogP contribution < -0.4 is 10.6 Å². The van der Waals surface area contributed by atoms with Crippen molar-refractivity contribution >= 4 is 5.91 Å². The van der Waals surface area contributed by atoms with Crippen LogP contribution in [-0.2, 0) is 4.79 Å². The molecule has 2 atom stereocenters. The van der Waals surface area contributed by atoms with Crippen LogP contribution in [0.3, 0.4) is 0 Å². The molecule has 78 valence electrons. The van der Waals surface area contributed by atoms with Crippen molar-refractivity contribution in [3.63, 3.8) is 0 Å². The summed E-state index contributed by atoms with van der Waals surface area (Å²) in [6, 6.07) is 3.53. The fraction of sp³-hybridized carbons (Fsp3) is 0.500. The van der Waals surface area contributed by atoms with Crippen LogP contribution in [0.15, 0.2) is 22.8 Å². The average Bonchev–Trinajstić information content (AvgIpc) is 2.69. The van der Waals surface area contributed by atoms with Crippen LogP contribution in [0.4, 0.5) is 0 Å². The zero-order chi connectivity index (χ0) is 10.6. The molecular weight excluding hydrogens is 180 g/mol. The van der Waals surface area contributed by atoms with E-state index in [-0.39, 0.29) is 18.0 Å². The lowest BCUT2D eigenvalue weighted by molar-refractivity contribution is -0.122. The molecule has 0 fully saturated rings. The topological polar surface area (TPSA) is 54.3 Å². The van der Waals surface area contributed by atoms with E-state index in [2.05, 4.69) is 10.6 Å². The predicted octanol–water partition coefficient (Wildman–Crippen LogP) is 1.06. The van der Waals surface area contributed by atoms with Crippen molar-refractivity contribution < 1.29 is 9.21 Å². The van der Waals surface area contributed by atoms with Crippen molar-refractivity contribution in [3.05, 3.63) is 24.2 Å². The van der Waals surface area contributed by atoms with Crippen LogP contribution in [0.1, 0.15) is 25.6 Å². The van der Waals surface area contributed by atoms with Crippen molar-refractivity contribution in [2.45, 2.75) is 25.9 Å². The van der Waals surface area contributed by atoms with E-state index in [4.69, 9.17) is 4.42 Å². The van der Waals surface area contributed by atoms with Gasteiger partial charge in [-0.1, -0.05) is 0 Å². The van der Waals surface area contributed by atoms with Gasteiger partial charge in [-0.15, -0.1) is 0 Å². The van der Waals surface area contributed by atoms with Crippen LogP contribution >= 0.6 is 0 Å². The van der Waals surface area contributed by atoms with Gasteiger partial charge in [0.25, 0.3) is 0 Å². The number of hydrogen-bond donors (Lipinski definition) is 2. The fourth-order valence-electron chi connectivity index (χ4n) is 1.29. The van der Waals surface area contributed by atoms with Gasteiger partial charge in [0.2, 0.25) is 5.91 Å². The first-order chi connectivity index (χ1) is 6.65. The predicted molar refractivity (Wildman–Crippen MR) is 53.8 cm³/mol. The first-order valence-electron chi connectivity index (χ1n) is 4.66. The highest BCUT2D eigenvalue weighted by Crippen LogP contribution is 2.12. The summed E-state index contributed by atoms with van der Waals surface area (Å²) in [4.78, 5) is 11.2. The van der Waals surface area contributed by atoms with E-state index < -0.39 is 0 Å². The third kappa shape index (κ3) is 2.60. The molecule has 1 aromatic rings. The summed E-state index contributed by atoms with van der Waals surface area (Å²) in [5, 5.41) is 5.71. The van der Waals surface area contributed by atoms with Crippen molar-refractivity contribution in [1.29, 1.82) is 0 Å². The Balaban J connectivity index is 2.49. The second-order valence-corrected chi connectivity index (χ2v) is 3.24. The van der Waals surface area contributed by atoms with Gasteiger partial charge in [-0.25, -0.2) is 0 Å². The molecule has 14 heavy (non-hydrogen) atoms. The van der Waals surface area contributed by atoms with Gasteiger partial charge >= 0.3 is 0 Å². The van der Waals surface area contributed by atoms with Crippen LogP contribution in [0.5, 0.6) is 0 Å². The summed E-state index contributed by atoms with van der Waals surface area (Å²) < 4.78 is 5.22. The second kappa shape index (κ2) is 4.81. The molecule has 1 amide bonds. The van der Waals surface area contributed by atoms with Crippen LogP contribution in [-0.4, -0.2) is 19.0 Å². The Labute approximate surface area is 83.7 Å². The number of hydrogen-bond acceptors (Lipinski definition) is 3. The van der Waals surface area contributed by atoms with Gasteiger partial charge in [-0.3, -0.25) is 10.1 Å². The Morgan fingerprint density at radius 3 is 2.71 bits per heavy atom. The highest BCUT2D eigenvalue weighted by Gasteiger charge is 2.15. The largest absolute Gasteiger partial charge is 0.468 e. The maximum Gasteiger partial charge on any atom is 0.236 e. The Kier molecular flexibility index (Phi) is 3.71. The van der Waals surface area contributed by atoms with Crippen molar-refractivity contribution in [2.24, 2.45) is 0 Å². The third-order valence-corrected chi connectivity index (χ3v) is 2.11. The molecule has 0 aliphatic carbocycles. The maximum absolute atomic E-state index is 11.2. The van der Waals surface area contributed by atoms with E-state index in [1.165, 1.54) is 0 Å². The summed E-state index contributed by atoms with van der Waals surface area (Å²) in [5.41, 5.74) is 0.